The van der Waals surface area contributed by atoms with E-state index in [2.05, 4.69) is 5.32 Å². The van der Waals surface area contributed by atoms with Gasteiger partial charge in [-0.15, -0.1) is 0 Å². The molecule has 4 nitrogen and oxygen atoms in total. The number of hydrogen-bond acceptors (Lipinski definition) is 3. The Balaban J connectivity index is 2.05. The number of anilines is 1. The number of amides is 1. The summed E-state index contributed by atoms with van der Waals surface area (Å²) in [6.45, 7) is 0.264. The highest BCUT2D eigenvalue weighted by atomic mass is 19.1. The van der Waals surface area contributed by atoms with Crippen LogP contribution in [0.5, 0.6) is 0 Å². The minimum absolute atomic E-state index is 0.00303. The van der Waals surface area contributed by atoms with Crippen LogP contribution < -0.4 is 11.1 Å². The molecule has 0 spiro atoms. The summed E-state index contributed by atoms with van der Waals surface area (Å²) in [5, 5.41) is 11.4. The average molecular weight is 269 g/mol. The standard InChI is InChI=1S/C15H12FN3O/c16-13-7-12(4-5-14(13)18)15(20)19-9-11-3-1-2-10(6-11)8-17/h1-7H,9,18H2,(H,19,20). The molecule has 0 saturated heterocycles. The van der Waals surface area contributed by atoms with Gasteiger partial charge in [-0.1, -0.05) is 12.1 Å². The first kappa shape index (κ1) is 13.6. The highest BCUT2D eigenvalue weighted by molar-refractivity contribution is 5.94. The average Bonchev–Trinajstić information content (AvgIpc) is 2.47. The van der Waals surface area contributed by atoms with E-state index in [1.807, 2.05) is 6.07 Å². The third-order valence-corrected chi connectivity index (χ3v) is 2.77. The molecule has 5 heteroatoms. The smallest absolute Gasteiger partial charge is 0.251 e. The molecule has 0 aromatic heterocycles. The predicted molar refractivity (Wildman–Crippen MR) is 73.1 cm³/mol. The van der Waals surface area contributed by atoms with Crippen molar-refractivity contribution < 1.29 is 9.18 Å². The normalized spacial score (nSPS) is 9.80. The Labute approximate surface area is 115 Å². The van der Waals surface area contributed by atoms with Crippen molar-refractivity contribution in [2.24, 2.45) is 0 Å². The van der Waals surface area contributed by atoms with Gasteiger partial charge in [0.15, 0.2) is 0 Å². The maximum absolute atomic E-state index is 13.3. The summed E-state index contributed by atoms with van der Waals surface area (Å²) in [6, 6.07) is 12.8. The van der Waals surface area contributed by atoms with Crippen LogP contribution in [-0.4, -0.2) is 5.91 Å². The zero-order valence-electron chi connectivity index (χ0n) is 10.6. The number of carbonyl (C=O) groups is 1. The molecule has 0 heterocycles. The monoisotopic (exact) mass is 269 g/mol. The summed E-state index contributed by atoms with van der Waals surface area (Å²) in [7, 11) is 0. The van der Waals surface area contributed by atoms with Crippen LogP contribution in [0.2, 0.25) is 0 Å². The minimum Gasteiger partial charge on any atom is -0.396 e. The second-order valence-corrected chi connectivity index (χ2v) is 4.23. The van der Waals surface area contributed by atoms with Crippen molar-refractivity contribution in [1.29, 1.82) is 5.26 Å². The maximum Gasteiger partial charge on any atom is 0.251 e. The Hall–Kier alpha value is -2.87. The minimum atomic E-state index is -0.621. The van der Waals surface area contributed by atoms with E-state index in [9.17, 15) is 9.18 Å². The number of benzene rings is 2. The van der Waals surface area contributed by atoms with Crippen LogP contribution in [-0.2, 0) is 6.54 Å². The second-order valence-electron chi connectivity index (χ2n) is 4.23. The lowest BCUT2D eigenvalue weighted by Gasteiger charge is -2.06. The Morgan fingerprint density at radius 1 is 1.30 bits per heavy atom. The van der Waals surface area contributed by atoms with E-state index in [4.69, 9.17) is 11.0 Å². The molecule has 0 saturated carbocycles. The van der Waals surface area contributed by atoms with Gasteiger partial charge >= 0.3 is 0 Å². The lowest BCUT2D eigenvalue weighted by atomic mass is 10.1. The van der Waals surface area contributed by atoms with Gasteiger partial charge < -0.3 is 11.1 Å². The summed E-state index contributed by atoms with van der Waals surface area (Å²) in [5.41, 5.74) is 6.88. The molecule has 20 heavy (non-hydrogen) atoms. The van der Waals surface area contributed by atoms with Crippen LogP contribution in [0.15, 0.2) is 42.5 Å². The van der Waals surface area contributed by atoms with Gasteiger partial charge in [-0.05, 0) is 35.9 Å². The fraction of sp³-hybridized carbons (Fsp3) is 0.0667. The SMILES string of the molecule is N#Cc1cccc(CNC(=O)c2ccc(N)c(F)c2)c1. The molecule has 0 bridgehead atoms. The molecule has 0 unspecified atom stereocenters. The van der Waals surface area contributed by atoms with Crippen molar-refractivity contribution in [3.8, 4) is 6.07 Å². The summed E-state index contributed by atoms with van der Waals surface area (Å²) in [5.74, 6) is -1.02. The highest BCUT2D eigenvalue weighted by Gasteiger charge is 2.08. The summed E-state index contributed by atoms with van der Waals surface area (Å²) >= 11 is 0. The van der Waals surface area contributed by atoms with Gasteiger partial charge in [0.1, 0.15) is 5.82 Å². The van der Waals surface area contributed by atoms with E-state index < -0.39 is 11.7 Å². The Kier molecular flexibility index (Phi) is 3.96. The highest BCUT2D eigenvalue weighted by Crippen LogP contribution is 2.12. The molecule has 0 radical (unpaired) electrons. The van der Waals surface area contributed by atoms with Crippen LogP contribution in [0, 0.1) is 17.1 Å². The first-order valence-electron chi connectivity index (χ1n) is 5.92. The fourth-order valence-corrected chi connectivity index (χ4v) is 1.70. The number of nitrogens with two attached hydrogens (primary N) is 1. The third-order valence-electron chi connectivity index (χ3n) is 2.77. The number of carbonyl (C=O) groups excluding carboxylic acids is 1. The summed E-state index contributed by atoms with van der Waals surface area (Å²) in [6.07, 6.45) is 0. The van der Waals surface area contributed by atoms with Gasteiger partial charge in [0, 0.05) is 12.1 Å². The maximum atomic E-state index is 13.3. The van der Waals surface area contributed by atoms with Gasteiger partial charge in [0.25, 0.3) is 5.91 Å². The van der Waals surface area contributed by atoms with Crippen LogP contribution >= 0.6 is 0 Å². The number of halogens is 1. The van der Waals surface area contributed by atoms with E-state index in [1.54, 1.807) is 24.3 Å². The van der Waals surface area contributed by atoms with Crippen molar-refractivity contribution in [1.82, 2.24) is 5.32 Å². The van der Waals surface area contributed by atoms with Crippen molar-refractivity contribution in [2.45, 2.75) is 6.54 Å². The fourth-order valence-electron chi connectivity index (χ4n) is 1.70. The number of nitrogen functional groups attached to an aromatic ring is 1. The molecule has 0 aliphatic heterocycles. The zero-order chi connectivity index (χ0) is 14.5. The summed E-state index contributed by atoms with van der Waals surface area (Å²) < 4.78 is 13.3. The first-order valence-corrected chi connectivity index (χ1v) is 5.92. The molecule has 0 aliphatic carbocycles. The van der Waals surface area contributed by atoms with Crippen molar-refractivity contribution in [3.05, 3.63) is 65.0 Å². The van der Waals surface area contributed by atoms with E-state index in [0.717, 1.165) is 11.6 Å². The lowest BCUT2D eigenvalue weighted by molar-refractivity contribution is 0.0950. The molecular weight excluding hydrogens is 257 g/mol. The molecule has 1 amide bonds. The molecule has 3 N–H and O–H groups in total. The van der Waals surface area contributed by atoms with Gasteiger partial charge in [0.2, 0.25) is 0 Å². The van der Waals surface area contributed by atoms with Crippen molar-refractivity contribution >= 4 is 11.6 Å². The molecule has 2 aromatic carbocycles. The van der Waals surface area contributed by atoms with Gasteiger partial charge in [0.05, 0.1) is 17.3 Å². The second kappa shape index (κ2) is 5.85. The number of nitriles is 1. The van der Waals surface area contributed by atoms with Crippen LogP contribution in [0.1, 0.15) is 21.5 Å². The quantitative estimate of drug-likeness (QED) is 0.838. The number of nitrogens with zero attached hydrogens (tertiary/aromatic N) is 1. The Bertz CT molecular complexity index is 692. The molecule has 100 valence electrons. The largest absolute Gasteiger partial charge is 0.396 e. The lowest BCUT2D eigenvalue weighted by Crippen LogP contribution is -2.23. The number of rotatable bonds is 3. The van der Waals surface area contributed by atoms with Crippen LogP contribution in [0.4, 0.5) is 10.1 Å². The molecule has 2 rings (SSSR count). The van der Waals surface area contributed by atoms with Gasteiger partial charge in [-0.25, -0.2) is 4.39 Å². The number of hydrogen-bond donors (Lipinski definition) is 2. The Morgan fingerprint density at radius 2 is 2.10 bits per heavy atom. The van der Waals surface area contributed by atoms with Gasteiger partial charge in [-0.3, -0.25) is 4.79 Å². The van der Waals surface area contributed by atoms with E-state index >= 15 is 0 Å². The zero-order valence-corrected chi connectivity index (χ0v) is 10.6. The van der Waals surface area contributed by atoms with Gasteiger partial charge in [-0.2, -0.15) is 5.26 Å². The predicted octanol–water partition coefficient (Wildman–Crippen LogP) is 2.21. The molecule has 0 atom stereocenters. The topological polar surface area (TPSA) is 78.9 Å². The number of nitrogens with one attached hydrogen (secondary N) is 1. The van der Waals surface area contributed by atoms with E-state index in [1.165, 1.54) is 12.1 Å². The molecule has 0 aliphatic rings. The van der Waals surface area contributed by atoms with Crippen LogP contribution in [0.25, 0.3) is 0 Å². The summed E-state index contributed by atoms with van der Waals surface area (Å²) in [4.78, 5) is 11.9. The first-order chi connectivity index (χ1) is 9.60. The van der Waals surface area contributed by atoms with E-state index in [-0.39, 0.29) is 17.8 Å². The van der Waals surface area contributed by atoms with Crippen molar-refractivity contribution in [2.75, 3.05) is 5.73 Å². The van der Waals surface area contributed by atoms with Crippen LogP contribution in [0.3, 0.4) is 0 Å². The molecular formula is C15H12FN3O. The van der Waals surface area contributed by atoms with Crippen molar-refractivity contribution in [3.63, 3.8) is 0 Å². The Morgan fingerprint density at radius 3 is 2.80 bits per heavy atom. The van der Waals surface area contributed by atoms with E-state index in [0.29, 0.717) is 5.56 Å². The molecule has 0 fully saturated rings. The molecule has 2 aromatic rings. The third kappa shape index (κ3) is 3.12.